The molecule has 2 heterocycles. The summed E-state index contributed by atoms with van der Waals surface area (Å²) in [6, 6.07) is 17.4. The van der Waals surface area contributed by atoms with Gasteiger partial charge in [-0.3, -0.25) is 4.79 Å². The van der Waals surface area contributed by atoms with Crippen molar-refractivity contribution >= 4 is 11.6 Å². The molecule has 2 aromatic carbocycles. The van der Waals surface area contributed by atoms with Gasteiger partial charge in [0.15, 0.2) is 0 Å². The molecule has 4 aromatic rings. The van der Waals surface area contributed by atoms with E-state index in [2.05, 4.69) is 11.4 Å². The molecule has 0 atom stereocenters. The van der Waals surface area contributed by atoms with E-state index in [4.69, 9.17) is 5.10 Å². The van der Waals surface area contributed by atoms with E-state index in [1.807, 2.05) is 55.9 Å². The molecule has 1 N–H and O–H groups in total. The maximum atomic E-state index is 13.2. The van der Waals surface area contributed by atoms with Crippen molar-refractivity contribution in [1.29, 1.82) is 0 Å². The first-order valence-electron chi connectivity index (χ1n) is 9.29. The van der Waals surface area contributed by atoms with Crippen LogP contribution in [0.3, 0.4) is 0 Å². The molecule has 0 radical (unpaired) electrons. The largest absolute Gasteiger partial charge is 0.349 e. The lowest BCUT2D eigenvalue weighted by atomic mass is 10.1. The molecule has 4 rings (SSSR count). The Morgan fingerprint density at radius 3 is 2.45 bits per heavy atom. The van der Waals surface area contributed by atoms with Gasteiger partial charge in [-0.05, 0) is 67.9 Å². The Kier molecular flexibility index (Phi) is 4.76. The number of aromatic nitrogens is 3. The second-order valence-electron chi connectivity index (χ2n) is 7.08. The van der Waals surface area contributed by atoms with Gasteiger partial charge < -0.3 is 9.88 Å². The maximum Gasteiger partial charge on any atom is 0.274 e. The van der Waals surface area contributed by atoms with Crippen LogP contribution in [0.2, 0.25) is 0 Å². The highest BCUT2D eigenvalue weighted by atomic mass is 19.1. The second kappa shape index (κ2) is 7.39. The Morgan fingerprint density at radius 1 is 1.03 bits per heavy atom. The fourth-order valence-corrected chi connectivity index (χ4v) is 3.35. The molecule has 5 nitrogen and oxygen atoms in total. The van der Waals surface area contributed by atoms with E-state index >= 15 is 0 Å². The van der Waals surface area contributed by atoms with Crippen LogP contribution in [0, 0.1) is 19.7 Å². The van der Waals surface area contributed by atoms with Crippen LogP contribution in [-0.4, -0.2) is 20.3 Å². The van der Waals surface area contributed by atoms with Crippen LogP contribution in [0.5, 0.6) is 0 Å². The summed E-state index contributed by atoms with van der Waals surface area (Å²) >= 11 is 0. The number of benzene rings is 2. The number of carbonyl (C=O) groups is 1. The highest BCUT2D eigenvalue weighted by Crippen LogP contribution is 2.25. The molecule has 0 bridgehead atoms. The SMILES string of the molecule is Cc1ccc(-n2nc(-c3cccn3C)cc2C(=O)Nc2ccc(F)cc2)c(C)c1. The third-order valence-corrected chi connectivity index (χ3v) is 4.83. The lowest BCUT2D eigenvalue weighted by Crippen LogP contribution is -2.17. The molecule has 29 heavy (non-hydrogen) atoms. The minimum absolute atomic E-state index is 0.315. The number of anilines is 1. The van der Waals surface area contributed by atoms with Gasteiger partial charge in [0.2, 0.25) is 0 Å². The highest BCUT2D eigenvalue weighted by molar-refractivity contribution is 6.04. The summed E-state index contributed by atoms with van der Waals surface area (Å²) in [5.41, 5.74) is 5.51. The van der Waals surface area contributed by atoms with E-state index in [1.165, 1.54) is 24.3 Å². The van der Waals surface area contributed by atoms with Gasteiger partial charge in [-0.25, -0.2) is 9.07 Å². The Morgan fingerprint density at radius 2 is 1.79 bits per heavy atom. The van der Waals surface area contributed by atoms with Gasteiger partial charge in [0.25, 0.3) is 5.91 Å². The number of nitrogens with zero attached hydrogens (tertiary/aromatic N) is 3. The molecule has 0 aliphatic heterocycles. The third-order valence-electron chi connectivity index (χ3n) is 4.83. The topological polar surface area (TPSA) is 51.9 Å². The van der Waals surface area contributed by atoms with E-state index in [0.717, 1.165) is 22.5 Å². The molecule has 2 aromatic heterocycles. The molecular weight excluding hydrogens is 367 g/mol. The van der Waals surface area contributed by atoms with Crippen LogP contribution in [0.4, 0.5) is 10.1 Å². The van der Waals surface area contributed by atoms with Crippen molar-refractivity contribution in [3.63, 3.8) is 0 Å². The van der Waals surface area contributed by atoms with Crippen molar-refractivity contribution in [3.05, 3.63) is 89.5 Å². The third kappa shape index (κ3) is 3.69. The highest BCUT2D eigenvalue weighted by Gasteiger charge is 2.20. The molecule has 0 aliphatic carbocycles. The second-order valence-corrected chi connectivity index (χ2v) is 7.08. The molecule has 146 valence electrons. The van der Waals surface area contributed by atoms with Crippen molar-refractivity contribution in [1.82, 2.24) is 14.3 Å². The first-order chi connectivity index (χ1) is 13.9. The first-order valence-corrected chi connectivity index (χ1v) is 9.29. The number of aryl methyl sites for hydroxylation is 3. The van der Waals surface area contributed by atoms with Gasteiger partial charge in [0.1, 0.15) is 17.2 Å². The minimum atomic E-state index is -0.352. The summed E-state index contributed by atoms with van der Waals surface area (Å²) in [6.07, 6.45) is 1.93. The fourth-order valence-electron chi connectivity index (χ4n) is 3.35. The van der Waals surface area contributed by atoms with E-state index in [0.29, 0.717) is 17.1 Å². The summed E-state index contributed by atoms with van der Waals surface area (Å²) in [6.45, 7) is 4.02. The van der Waals surface area contributed by atoms with Crippen LogP contribution >= 0.6 is 0 Å². The van der Waals surface area contributed by atoms with Crippen LogP contribution in [0.25, 0.3) is 17.1 Å². The molecule has 0 saturated carbocycles. The number of rotatable bonds is 4. The summed E-state index contributed by atoms with van der Waals surface area (Å²) in [5.74, 6) is -0.668. The van der Waals surface area contributed by atoms with Crippen LogP contribution in [0.1, 0.15) is 21.6 Å². The number of hydrogen-bond donors (Lipinski definition) is 1. The van der Waals surface area contributed by atoms with Gasteiger partial charge in [0, 0.05) is 18.9 Å². The summed E-state index contributed by atoms with van der Waals surface area (Å²) in [5, 5.41) is 7.55. The summed E-state index contributed by atoms with van der Waals surface area (Å²) in [7, 11) is 1.93. The summed E-state index contributed by atoms with van der Waals surface area (Å²) in [4.78, 5) is 13.1. The normalized spacial score (nSPS) is 10.9. The number of nitrogens with one attached hydrogen (secondary N) is 1. The lowest BCUT2D eigenvalue weighted by Gasteiger charge is -2.11. The fraction of sp³-hybridized carbons (Fsp3) is 0.130. The molecular formula is C23H21FN4O. The monoisotopic (exact) mass is 388 g/mol. The molecule has 6 heteroatoms. The van der Waals surface area contributed by atoms with Crippen LogP contribution in [0.15, 0.2) is 66.9 Å². The van der Waals surface area contributed by atoms with Gasteiger partial charge >= 0.3 is 0 Å². The predicted octanol–water partition coefficient (Wildman–Crippen LogP) is 4.89. The van der Waals surface area contributed by atoms with Gasteiger partial charge in [-0.1, -0.05) is 17.7 Å². The summed E-state index contributed by atoms with van der Waals surface area (Å²) < 4.78 is 16.8. The Hall–Kier alpha value is -3.67. The molecule has 1 amide bonds. The zero-order chi connectivity index (χ0) is 20.5. The maximum absolute atomic E-state index is 13.2. The molecule has 0 saturated heterocycles. The van der Waals surface area contributed by atoms with Crippen molar-refractivity contribution in [2.24, 2.45) is 7.05 Å². The van der Waals surface area contributed by atoms with Crippen LogP contribution < -0.4 is 5.32 Å². The predicted molar refractivity (Wildman–Crippen MR) is 112 cm³/mol. The number of halogens is 1. The van der Waals surface area contributed by atoms with Gasteiger partial charge in [0.05, 0.1) is 11.4 Å². The van der Waals surface area contributed by atoms with Crippen molar-refractivity contribution < 1.29 is 9.18 Å². The van der Waals surface area contributed by atoms with E-state index in [1.54, 1.807) is 10.7 Å². The average Bonchev–Trinajstić information content (AvgIpc) is 3.30. The van der Waals surface area contributed by atoms with Gasteiger partial charge in [-0.2, -0.15) is 5.10 Å². The van der Waals surface area contributed by atoms with E-state index in [9.17, 15) is 9.18 Å². The Bertz CT molecular complexity index is 1190. The molecule has 0 unspecified atom stereocenters. The zero-order valence-electron chi connectivity index (χ0n) is 16.5. The smallest absolute Gasteiger partial charge is 0.274 e. The van der Waals surface area contributed by atoms with Crippen LogP contribution in [-0.2, 0) is 7.05 Å². The standard InChI is InChI=1S/C23H21FN4O/c1-15-6-11-20(16(2)13-15)28-22(14-19(26-28)21-5-4-12-27(21)3)23(29)25-18-9-7-17(24)8-10-18/h4-14H,1-3H3,(H,25,29). The number of amides is 1. The molecule has 0 fully saturated rings. The quantitative estimate of drug-likeness (QED) is 0.541. The van der Waals surface area contributed by atoms with E-state index in [-0.39, 0.29) is 11.7 Å². The van der Waals surface area contributed by atoms with Gasteiger partial charge in [-0.15, -0.1) is 0 Å². The van der Waals surface area contributed by atoms with Crippen molar-refractivity contribution in [3.8, 4) is 17.1 Å². The zero-order valence-corrected chi connectivity index (χ0v) is 16.5. The van der Waals surface area contributed by atoms with E-state index < -0.39 is 0 Å². The van der Waals surface area contributed by atoms with Crippen molar-refractivity contribution in [2.75, 3.05) is 5.32 Å². The molecule has 0 aliphatic rings. The number of carbonyl (C=O) groups excluding carboxylic acids is 1. The lowest BCUT2D eigenvalue weighted by molar-refractivity contribution is 0.101. The number of hydrogen-bond acceptors (Lipinski definition) is 2. The minimum Gasteiger partial charge on any atom is -0.349 e. The van der Waals surface area contributed by atoms with Crippen molar-refractivity contribution in [2.45, 2.75) is 13.8 Å². The Labute approximate surface area is 168 Å². The molecule has 0 spiro atoms. The average molecular weight is 388 g/mol. The first kappa shape index (κ1) is 18.7. The Balaban J connectivity index is 1.80.